The molecule has 1 aliphatic carbocycles. The van der Waals surface area contributed by atoms with Gasteiger partial charge < -0.3 is 10.6 Å². The molecule has 3 unspecified atom stereocenters. The largest absolute Gasteiger partial charge is 0.338 e. The van der Waals surface area contributed by atoms with Crippen molar-refractivity contribution in [3.8, 4) is 0 Å². The summed E-state index contributed by atoms with van der Waals surface area (Å²) in [5.41, 5.74) is 8.53. The first-order valence-corrected chi connectivity index (χ1v) is 9.34. The zero-order valence-electron chi connectivity index (χ0n) is 15.3. The highest BCUT2D eigenvalue weighted by molar-refractivity contribution is 7.11. The molecule has 26 heavy (non-hydrogen) atoms. The SMILES string of the molecule is Cc1nc2c(s1)C(N(C)C(=O)C(C)C(N)c1ccccc1)CCC2.Cl.Cl. The van der Waals surface area contributed by atoms with Crippen LogP contribution in [0, 0.1) is 12.8 Å². The van der Waals surface area contributed by atoms with Crippen molar-refractivity contribution in [2.45, 2.75) is 45.2 Å². The number of carbonyl (C=O) groups is 1. The number of nitrogens with two attached hydrogens (primary N) is 1. The van der Waals surface area contributed by atoms with E-state index in [-0.39, 0.29) is 48.7 Å². The van der Waals surface area contributed by atoms with Gasteiger partial charge in [0.1, 0.15) is 0 Å². The Morgan fingerprint density at radius 2 is 1.96 bits per heavy atom. The Bertz CT molecular complexity index is 723. The number of benzene rings is 1. The average molecular weight is 416 g/mol. The second-order valence-corrected chi connectivity index (χ2v) is 7.86. The number of fused-ring (bicyclic) bond motifs is 1. The van der Waals surface area contributed by atoms with E-state index in [1.54, 1.807) is 11.3 Å². The summed E-state index contributed by atoms with van der Waals surface area (Å²) in [5.74, 6) is -0.146. The van der Waals surface area contributed by atoms with E-state index >= 15 is 0 Å². The minimum atomic E-state index is -0.285. The maximum absolute atomic E-state index is 13.0. The van der Waals surface area contributed by atoms with Crippen LogP contribution in [0.1, 0.15) is 53.0 Å². The molecule has 0 fully saturated rings. The van der Waals surface area contributed by atoms with Gasteiger partial charge in [0.15, 0.2) is 0 Å². The second kappa shape index (κ2) is 9.70. The van der Waals surface area contributed by atoms with Crippen molar-refractivity contribution in [1.82, 2.24) is 9.88 Å². The van der Waals surface area contributed by atoms with Gasteiger partial charge in [-0.25, -0.2) is 4.98 Å². The van der Waals surface area contributed by atoms with Gasteiger partial charge in [-0.2, -0.15) is 0 Å². The molecule has 7 heteroatoms. The van der Waals surface area contributed by atoms with Crippen molar-refractivity contribution in [2.75, 3.05) is 7.05 Å². The van der Waals surface area contributed by atoms with Gasteiger partial charge in [0, 0.05) is 13.1 Å². The fraction of sp³-hybridized carbons (Fsp3) is 0.474. The fourth-order valence-electron chi connectivity index (χ4n) is 3.48. The molecule has 2 N–H and O–H groups in total. The van der Waals surface area contributed by atoms with Gasteiger partial charge in [-0.3, -0.25) is 4.79 Å². The van der Waals surface area contributed by atoms with Crippen LogP contribution in [0.25, 0.3) is 0 Å². The van der Waals surface area contributed by atoms with Crippen LogP contribution in [0.15, 0.2) is 30.3 Å². The van der Waals surface area contributed by atoms with Crippen LogP contribution in [-0.4, -0.2) is 22.8 Å². The van der Waals surface area contributed by atoms with E-state index in [1.165, 1.54) is 10.6 Å². The van der Waals surface area contributed by atoms with Gasteiger partial charge >= 0.3 is 0 Å². The van der Waals surface area contributed by atoms with Crippen LogP contribution in [0.2, 0.25) is 0 Å². The highest BCUT2D eigenvalue weighted by Crippen LogP contribution is 2.38. The number of halogens is 2. The summed E-state index contributed by atoms with van der Waals surface area (Å²) < 4.78 is 0. The summed E-state index contributed by atoms with van der Waals surface area (Å²) in [6.07, 6.45) is 3.11. The number of aromatic nitrogens is 1. The first-order chi connectivity index (χ1) is 11.5. The van der Waals surface area contributed by atoms with E-state index in [1.807, 2.05) is 56.1 Å². The number of hydrogen-bond donors (Lipinski definition) is 1. The predicted octanol–water partition coefficient (Wildman–Crippen LogP) is 4.47. The fourth-order valence-corrected chi connectivity index (χ4v) is 4.63. The Morgan fingerprint density at radius 3 is 2.62 bits per heavy atom. The summed E-state index contributed by atoms with van der Waals surface area (Å²) in [4.78, 5) is 20.8. The van der Waals surface area contributed by atoms with E-state index in [0.717, 1.165) is 29.8 Å². The molecule has 4 nitrogen and oxygen atoms in total. The third-order valence-corrected chi connectivity index (χ3v) is 6.07. The third-order valence-electron chi connectivity index (χ3n) is 4.96. The quantitative estimate of drug-likeness (QED) is 0.800. The molecule has 1 aromatic carbocycles. The molecule has 1 aromatic heterocycles. The summed E-state index contributed by atoms with van der Waals surface area (Å²) in [6.45, 7) is 3.97. The normalized spacial score (nSPS) is 17.9. The van der Waals surface area contributed by atoms with Gasteiger partial charge in [0.25, 0.3) is 0 Å². The highest BCUT2D eigenvalue weighted by Gasteiger charge is 2.33. The molecule has 3 rings (SSSR count). The summed E-state index contributed by atoms with van der Waals surface area (Å²) in [5, 5.41) is 1.08. The van der Waals surface area contributed by atoms with Crippen molar-refractivity contribution < 1.29 is 4.79 Å². The molecule has 1 aliphatic rings. The van der Waals surface area contributed by atoms with Crippen molar-refractivity contribution in [3.05, 3.63) is 51.5 Å². The molecule has 0 saturated heterocycles. The summed E-state index contributed by atoms with van der Waals surface area (Å²) in [7, 11) is 1.91. The van der Waals surface area contributed by atoms with Crippen LogP contribution >= 0.6 is 36.2 Å². The van der Waals surface area contributed by atoms with Crippen LogP contribution in [-0.2, 0) is 11.2 Å². The van der Waals surface area contributed by atoms with Crippen LogP contribution < -0.4 is 5.73 Å². The van der Waals surface area contributed by atoms with Crippen molar-refractivity contribution in [1.29, 1.82) is 0 Å². The van der Waals surface area contributed by atoms with Crippen LogP contribution in [0.4, 0.5) is 0 Å². The second-order valence-electron chi connectivity index (χ2n) is 6.63. The first-order valence-electron chi connectivity index (χ1n) is 8.52. The van der Waals surface area contributed by atoms with Gasteiger partial charge in [0.2, 0.25) is 5.91 Å². The number of aryl methyl sites for hydroxylation is 2. The van der Waals surface area contributed by atoms with E-state index in [2.05, 4.69) is 4.98 Å². The van der Waals surface area contributed by atoms with E-state index in [4.69, 9.17) is 5.73 Å². The number of amides is 1. The number of carbonyl (C=O) groups excluding carboxylic acids is 1. The summed E-state index contributed by atoms with van der Waals surface area (Å²) in [6, 6.07) is 9.71. The molecule has 0 saturated carbocycles. The Kier molecular flexibility index (Phi) is 8.54. The number of nitrogens with zero attached hydrogens (tertiary/aromatic N) is 2. The molecule has 3 atom stereocenters. The lowest BCUT2D eigenvalue weighted by molar-refractivity contribution is -0.136. The van der Waals surface area contributed by atoms with Gasteiger partial charge in [-0.15, -0.1) is 36.2 Å². The molecule has 0 aliphatic heterocycles. The smallest absolute Gasteiger partial charge is 0.227 e. The molecule has 0 spiro atoms. The van der Waals surface area contributed by atoms with Crippen molar-refractivity contribution in [3.63, 3.8) is 0 Å². The minimum Gasteiger partial charge on any atom is -0.338 e. The Labute approximate surface area is 172 Å². The van der Waals surface area contributed by atoms with Gasteiger partial charge in [-0.1, -0.05) is 37.3 Å². The molecule has 0 bridgehead atoms. The number of thiazole rings is 1. The average Bonchev–Trinajstić information content (AvgIpc) is 3.00. The van der Waals surface area contributed by atoms with Crippen LogP contribution in [0.3, 0.4) is 0 Å². The molecule has 144 valence electrons. The lowest BCUT2D eigenvalue weighted by Crippen LogP contribution is -2.39. The lowest BCUT2D eigenvalue weighted by Gasteiger charge is -2.33. The third kappa shape index (κ3) is 4.58. The lowest BCUT2D eigenvalue weighted by atomic mass is 9.92. The van der Waals surface area contributed by atoms with E-state index in [0.29, 0.717) is 0 Å². The Hall–Kier alpha value is -1.14. The molecule has 1 heterocycles. The standard InChI is InChI=1S/C19H25N3OS.2ClH/c1-12(17(20)14-8-5-4-6-9-14)19(23)22(3)16-11-7-10-15-18(16)24-13(2)21-15;;/h4-6,8-9,12,16-17H,7,10-11,20H2,1-3H3;2*1H. The zero-order chi connectivity index (χ0) is 17.3. The Balaban J connectivity index is 0.00000169. The monoisotopic (exact) mass is 415 g/mol. The summed E-state index contributed by atoms with van der Waals surface area (Å²) >= 11 is 1.72. The van der Waals surface area contributed by atoms with E-state index in [9.17, 15) is 4.79 Å². The molecule has 1 amide bonds. The van der Waals surface area contributed by atoms with Gasteiger partial charge in [-0.05, 0) is 31.7 Å². The highest BCUT2D eigenvalue weighted by atomic mass is 35.5. The van der Waals surface area contributed by atoms with Gasteiger partial charge in [0.05, 0.1) is 27.5 Å². The van der Waals surface area contributed by atoms with Crippen molar-refractivity contribution in [2.24, 2.45) is 11.7 Å². The number of hydrogen-bond acceptors (Lipinski definition) is 4. The van der Waals surface area contributed by atoms with Crippen LogP contribution in [0.5, 0.6) is 0 Å². The Morgan fingerprint density at radius 1 is 1.31 bits per heavy atom. The topological polar surface area (TPSA) is 59.2 Å². The number of rotatable bonds is 4. The first kappa shape index (κ1) is 22.9. The van der Waals surface area contributed by atoms with E-state index < -0.39 is 0 Å². The maximum Gasteiger partial charge on any atom is 0.227 e. The molecular weight excluding hydrogens is 389 g/mol. The minimum absolute atomic E-state index is 0. The molecule has 0 radical (unpaired) electrons. The predicted molar refractivity (Wildman–Crippen MR) is 112 cm³/mol. The maximum atomic E-state index is 13.0. The molecular formula is C19H27Cl2N3OS. The molecule has 2 aromatic rings. The van der Waals surface area contributed by atoms with Crippen molar-refractivity contribution >= 4 is 42.1 Å². The zero-order valence-corrected chi connectivity index (χ0v) is 17.8.